The van der Waals surface area contributed by atoms with E-state index in [1.807, 2.05) is 0 Å². The predicted molar refractivity (Wildman–Crippen MR) is 58.6 cm³/mol. The summed E-state index contributed by atoms with van der Waals surface area (Å²) in [6, 6.07) is 6.56. The molecule has 0 saturated heterocycles. The van der Waals surface area contributed by atoms with Crippen LogP contribution in [0.3, 0.4) is 0 Å². The summed E-state index contributed by atoms with van der Waals surface area (Å²) in [6.45, 7) is 1.11. The maximum absolute atomic E-state index is 3.34. The lowest BCUT2D eigenvalue weighted by Crippen LogP contribution is -1.90. The first-order valence-corrected chi connectivity index (χ1v) is 4.46. The van der Waals surface area contributed by atoms with Crippen molar-refractivity contribution in [2.45, 2.75) is 6.42 Å². The molecule has 0 fully saturated rings. The molecule has 1 nitrogen and oxygen atoms in total. The maximum Gasteiger partial charge on any atom is 0.0384 e. The number of nitrogens with one attached hydrogen (secondary N) is 1. The minimum Gasteiger partial charge on any atom is -0.384 e. The molecular weight excluding hydrogens is 272 g/mol. The van der Waals surface area contributed by atoms with Gasteiger partial charge in [0.1, 0.15) is 0 Å². The van der Waals surface area contributed by atoms with Gasteiger partial charge in [-0.25, -0.2) is 0 Å². The van der Waals surface area contributed by atoms with E-state index in [9.17, 15) is 0 Å². The highest BCUT2D eigenvalue weighted by Gasteiger charge is 2.08. The third kappa shape index (κ3) is 1.79. The molecule has 0 aliphatic carbocycles. The van der Waals surface area contributed by atoms with Crippen molar-refractivity contribution in [1.82, 2.24) is 0 Å². The Kier molecular flexibility index (Phi) is 3.01. The average Bonchev–Trinajstić information content (AvgIpc) is 2.33. The SMILES string of the molecule is Cl.Ic1ccc2c(c1)NCC2. The number of fused-ring (bicyclic) bond motifs is 1. The molecule has 0 atom stereocenters. The molecule has 0 amide bonds. The van der Waals surface area contributed by atoms with E-state index in [4.69, 9.17) is 0 Å². The van der Waals surface area contributed by atoms with Crippen LogP contribution in [0.4, 0.5) is 5.69 Å². The standard InChI is InChI=1S/C8H8IN.ClH/c9-7-2-1-6-3-4-10-8(6)5-7;/h1-2,5,10H,3-4H2;1H. The van der Waals surface area contributed by atoms with E-state index < -0.39 is 0 Å². The second kappa shape index (κ2) is 3.63. The summed E-state index contributed by atoms with van der Waals surface area (Å²) in [5, 5.41) is 3.34. The van der Waals surface area contributed by atoms with Crippen LogP contribution in [0, 0.1) is 3.57 Å². The van der Waals surface area contributed by atoms with E-state index in [1.165, 1.54) is 21.2 Å². The molecule has 1 heterocycles. The molecule has 0 saturated carbocycles. The molecule has 11 heavy (non-hydrogen) atoms. The van der Waals surface area contributed by atoms with Crippen molar-refractivity contribution in [3.63, 3.8) is 0 Å². The Morgan fingerprint density at radius 3 is 3.00 bits per heavy atom. The Hall–Kier alpha value is 0.0400. The topological polar surface area (TPSA) is 12.0 Å². The summed E-state index contributed by atoms with van der Waals surface area (Å²) in [6.07, 6.45) is 1.19. The van der Waals surface area contributed by atoms with Crippen LogP contribution in [-0.2, 0) is 6.42 Å². The van der Waals surface area contributed by atoms with E-state index in [1.54, 1.807) is 0 Å². The van der Waals surface area contributed by atoms with Crippen molar-refractivity contribution in [2.24, 2.45) is 0 Å². The minimum absolute atomic E-state index is 0. The average molecular weight is 282 g/mol. The third-order valence-corrected chi connectivity index (χ3v) is 2.45. The third-order valence-electron chi connectivity index (χ3n) is 1.78. The van der Waals surface area contributed by atoms with Gasteiger partial charge in [0.05, 0.1) is 0 Å². The summed E-state index contributed by atoms with van der Waals surface area (Å²) in [5.74, 6) is 0. The molecule has 1 aliphatic heterocycles. The number of halogens is 2. The van der Waals surface area contributed by atoms with Crippen molar-refractivity contribution in [3.8, 4) is 0 Å². The van der Waals surface area contributed by atoms with Crippen LogP contribution in [0.5, 0.6) is 0 Å². The molecule has 0 unspecified atom stereocenters. The maximum atomic E-state index is 3.34. The molecule has 1 aliphatic rings. The van der Waals surface area contributed by atoms with E-state index in [2.05, 4.69) is 46.1 Å². The van der Waals surface area contributed by atoms with E-state index in [0.717, 1.165) is 6.54 Å². The largest absolute Gasteiger partial charge is 0.384 e. The van der Waals surface area contributed by atoms with Gasteiger partial charge in [-0.05, 0) is 46.7 Å². The number of hydrogen-bond acceptors (Lipinski definition) is 1. The smallest absolute Gasteiger partial charge is 0.0384 e. The zero-order chi connectivity index (χ0) is 6.97. The first kappa shape index (κ1) is 9.13. The molecule has 1 aromatic rings. The monoisotopic (exact) mass is 281 g/mol. The number of benzene rings is 1. The Morgan fingerprint density at radius 2 is 2.18 bits per heavy atom. The van der Waals surface area contributed by atoms with E-state index in [-0.39, 0.29) is 12.4 Å². The van der Waals surface area contributed by atoms with Crippen LogP contribution >= 0.6 is 35.0 Å². The van der Waals surface area contributed by atoms with Crippen molar-refractivity contribution < 1.29 is 0 Å². The summed E-state index contributed by atoms with van der Waals surface area (Å²) < 4.78 is 1.31. The normalized spacial score (nSPS) is 13.2. The highest BCUT2D eigenvalue weighted by atomic mass is 127. The highest BCUT2D eigenvalue weighted by Crippen LogP contribution is 2.23. The molecular formula is C8H9ClIN. The van der Waals surface area contributed by atoms with Crippen molar-refractivity contribution in [3.05, 3.63) is 27.3 Å². The molecule has 3 heteroatoms. The molecule has 0 aromatic heterocycles. The van der Waals surface area contributed by atoms with E-state index >= 15 is 0 Å². The van der Waals surface area contributed by atoms with Crippen LogP contribution in [0.2, 0.25) is 0 Å². The first-order valence-electron chi connectivity index (χ1n) is 3.38. The van der Waals surface area contributed by atoms with Gasteiger partial charge in [-0.15, -0.1) is 12.4 Å². The van der Waals surface area contributed by atoms with Crippen LogP contribution in [0.1, 0.15) is 5.56 Å². The van der Waals surface area contributed by atoms with Gasteiger partial charge in [0.15, 0.2) is 0 Å². The molecule has 0 radical (unpaired) electrons. The Morgan fingerprint density at radius 1 is 1.36 bits per heavy atom. The summed E-state index contributed by atoms with van der Waals surface area (Å²) in [5.41, 5.74) is 2.78. The van der Waals surface area contributed by atoms with Crippen LogP contribution in [-0.4, -0.2) is 6.54 Å². The lowest BCUT2D eigenvalue weighted by atomic mass is 10.2. The fraction of sp³-hybridized carbons (Fsp3) is 0.250. The van der Waals surface area contributed by atoms with Gasteiger partial charge in [-0.2, -0.15) is 0 Å². The zero-order valence-electron chi connectivity index (χ0n) is 5.93. The summed E-state index contributed by atoms with van der Waals surface area (Å²) in [4.78, 5) is 0. The van der Waals surface area contributed by atoms with Crippen molar-refractivity contribution in [2.75, 3.05) is 11.9 Å². The van der Waals surface area contributed by atoms with Crippen LogP contribution in [0.25, 0.3) is 0 Å². The van der Waals surface area contributed by atoms with Crippen molar-refractivity contribution in [1.29, 1.82) is 0 Å². The van der Waals surface area contributed by atoms with Gasteiger partial charge in [-0.1, -0.05) is 6.07 Å². The fourth-order valence-corrected chi connectivity index (χ4v) is 1.75. The van der Waals surface area contributed by atoms with Gasteiger partial charge in [-0.3, -0.25) is 0 Å². The van der Waals surface area contributed by atoms with Gasteiger partial charge >= 0.3 is 0 Å². The molecule has 1 N–H and O–H groups in total. The van der Waals surface area contributed by atoms with Crippen LogP contribution in [0.15, 0.2) is 18.2 Å². The van der Waals surface area contributed by atoms with Gasteiger partial charge < -0.3 is 5.32 Å². The lowest BCUT2D eigenvalue weighted by Gasteiger charge is -1.97. The quantitative estimate of drug-likeness (QED) is 0.721. The second-order valence-electron chi connectivity index (χ2n) is 2.48. The fourth-order valence-electron chi connectivity index (χ4n) is 1.26. The molecule has 0 spiro atoms. The second-order valence-corrected chi connectivity index (χ2v) is 3.72. The highest BCUT2D eigenvalue weighted by molar-refractivity contribution is 14.1. The number of rotatable bonds is 0. The lowest BCUT2D eigenvalue weighted by molar-refractivity contribution is 1.11. The summed E-state index contributed by atoms with van der Waals surface area (Å²) >= 11 is 2.33. The number of anilines is 1. The first-order chi connectivity index (χ1) is 4.86. The molecule has 60 valence electrons. The van der Waals surface area contributed by atoms with Crippen molar-refractivity contribution >= 4 is 40.7 Å². The van der Waals surface area contributed by atoms with Crippen LogP contribution < -0.4 is 5.32 Å². The van der Waals surface area contributed by atoms with E-state index in [0.29, 0.717) is 0 Å². The molecule has 2 rings (SSSR count). The number of hydrogen-bond donors (Lipinski definition) is 1. The van der Waals surface area contributed by atoms with Gasteiger partial charge in [0, 0.05) is 15.8 Å². The Labute approximate surface area is 86.1 Å². The molecule has 1 aromatic carbocycles. The Balaban J connectivity index is 0.000000605. The minimum atomic E-state index is 0. The van der Waals surface area contributed by atoms with Gasteiger partial charge in [0.25, 0.3) is 0 Å². The molecule has 0 bridgehead atoms. The predicted octanol–water partition coefficient (Wildman–Crippen LogP) is 2.68. The Bertz CT molecular complexity index is 262. The van der Waals surface area contributed by atoms with Gasteiger partial charge in [0.2, 0.25) is 0 Å². The zero-order valence-corrected chi connectivity index (χ0v) is 8.91. The summed E-state index contributed by atoms with van der Waals surface area (Å²) in [7, 11) is 0.